The Morgan fingerprint density at radius 1 is 0.929 bits per heavy atom. The van der Waals surface area contributed by atoms with Gasteiger partial charge in [-0.1, -0.05) is 18.2 Å². The Balaban J connectivity index is 2.17. The van der Waals surface area contributed by atoms with Gasteiger partial charge in [0.1, 0.15) is 18.5 Å². The summed E-state index contributed by atoms with van der Waals surface area (Å²) in [5.41, 5.74) is -0.247. The van der Waals surface area contributed by atoms with Gasteiger partial charge < -0.3 is 34.3 Å². The molecule has 226 valence electrons. The molecule has 2 aromatic rings. The van der Waals surface area contributed by atoms with E-state index in [-0.39, 0.29) is 10.5 Å². The maximum atomic E-state index is 12.9. The molecule has 42 heavy (non-hydrogen) atoms. The van der Waals surface area contributed by atoms with Gasteiger partial charge in [-0.3, -0.25) is 24.0 Å². The van der Waals surface area contributed by atoms with E-state index in [2.05, 4.69) is 5.10 Å². The highest BCUT2D eigenvalue weighted by molar-refractivity contribution is 7.71. The molecule has 1 saturated heterocycles. The second kappa shape index (κ2) is 13.9. The van der Waals surface area contributed by atoms with Crippen LogP contribution in [0.15, 0.2) is 29.1 Å². The third-order valence-corrected chi connectivity index (χ3v) is 6.20. The highest BCUT2D eigenvalue weighted by Crippen LogP contribution is 2.34. The Kier molecular flexibility index (Phi) is 10.5. The molecule has 0 bridgehead atoms. The van der Waals surface area contributed by atoms with E-state index in [1.807, 2.05) is 0 Å². The molecule has 0 aliphatic carbocycles. The molecule has 1 aromatic heterocycles. The number of carbonyl (C=O) groups excluding carboxylic acids is 4. The van der Waals surface area contributed by atoms with E-state index < -0.39 is 66.7 Å². The van der Waals surface area contributed by atoms with E-state index in [0.29, 0.717) is 16.0 Å². The van der Waals surface area contributed by atoms with E-state index in [0.717, 1.165) is 32.4 Å². The molecule has 2 unspecified atom stereocenters. The number of nitrogen functional groups attached to an aromatic ring is 1. The molecule has 1 aromatic carbocycles. The molecule has 2 N–H and O–H groups in total. The van der Waals surface area contributed by atoms with E-state index in [1.165, 1.54) is 13.2 Å². The lowest BCUT2D eigenvalue weighted by atomic mass is 9.97. The number of benzene rings is 1. The number of rotatable bonds is 9. The van der Waals surface area contributed by atoms with Crippen LogP contribution in [0.25, 0.3) is 12.2 Å². The maximum Gasteiger partial charge on any atom is 0.303 e. The van der Waals surface area contributed by atoms with Crippen LogP contribution in [0, 0.1) is 4.77 Å². The highest BCUT2D eigenvalue weighted by Gasteiger charge is 2.53. The van der Waals surface area contributed by atoms with Crippen LogP contribution >= 0.6 is 12.2 Å². The van der Waals surface area contributed by atoms with E-state index >= 15 is 0 Å². The van der Waals surface area contributed by atoms with E-state index in [9.17, 15) is 24.0 Å². The van der Waals surface area contributed by atoms with Crippen molar-refractivity contribution in [3.8, 4) is 5.75 Å². The molecule has 3 rings (SSSR count). The molecule has 16 heteroatoms. The number of methoxy groups -OCH3 is 1. The Morgan fingerprint density at radius 2 is 1.50 bits per heavy atom. The summed E-state index contributed by atoms with van der Waals surface area (Å²) in [5.74, 6) is 3.51. The average molecular weight is 607 g/mol. The minimum absolute atomic E-state index is 0.185. The lowest BCUT2D eigenvalue weighted by Gasteiger charge is -2.44. The molecule has 0 radical (unpaired) electrons. The normalized spacial score (nSPS) is 21.8. The summed E-state index contributed by atoms with van der Waals surface area (Å²) < 4.78 is 33.8. The van der Waals surface area contributed by atoms with Crippen LogP contribution in [-0.2, 0) is 42.9 Å². The van der Waals surface area contributed by atoms with Crippen molar-refractivity contribution in [2.45, 2.75) is 58.3 Å². The van der Waals surface area contributed by atoms with Gasteiger partial charge in [0.2, 0.25) is 4.77 Å². The molecule has 1 aliphatic rings. The van der Waals surface area contributed by atoms with Crippen molar-refractivity contribution in [2.75, 3.05) is 19.6 Å². The zero-order valence-corrected chi connectivity index (χ0v) is 24.2. The predicted octanol–water partition coefficient (Wildman–Crippen LogP) is 0.923. The predicted molar refractivity (Wildman–Crippen MR) is 147 cm³/mol. The van der Waals surface area contributed by atoms with Crippen molar-refractivity contribution < 1.29 is 47.6 Å². The molecule has 1 aliphatic heterocycles. The lowest BCUT2D eigenvalue weighted by molar-refractivity contribution is -0.271. The van der Waals surface area contributed by atoms with Crippen molar-refractivity contribution in [2.24, 2.45) is 0 Å². The first kappa shape index (κ1) is 32.0. The number of carbonyl (C=O) groups is 4. The number of hydrogen-bond acceptors (Lipinski definition) is 14. The fraction of sp³-hybridized carbons (Fsp3) is 0.423. The fourth-order valence-corrected chi connectivity index (χ4v) is 4.31. The number of aromatic nitrogens is 3. The number of ether oxygens (including phenoxy) is 6. The summed E-state index contributed by atoms with van der Waals surface area (Å²) in [7, 11) is 1.53. The maximum absolute atomic E-state index is 12.9. The van der Waals surface area contributed by atoms with Gasteiger partial charge in [-0.15, -0.1) is 0 Å². The smallest absolute Gasteiger partial charge is 0.303 e. The fourth-order valence-electron chi connectivity index (χ4n) is 4.09. The molecular weight excluding hydrogens is 576 g/mol. The van der Waals surface area contributed by atoms with Crippen molar-refractivity contribution >= 4 is 48.2 Å². The Morgan fingerprint density at radius 3 is 2.05 bits per heavy atom. The summed E-state index contributed by atoms with van der Waals surface area (Å²) in [6.07, 6.45) is -4.18. The molecule has 1 fully saturated rings. The van der Waals surface area contributed by atoms with E-state index in [4.69, 9.17) is 46.5 Å². The highest BCUT2D eigenvalue weighted by atomic mass is 32.1. The lowest BCUT2D eigenvalue weighted by Crippen LogP contribution is -2.61. The SMILES string of the molecule is COc1ccc(/C=C/c2nn([C@@H]3OC(COC(C)=O)[C@@H](OC(C)=O)C(OC(C)=O)[C@H]3OC(C)=O)c(=S)n(N)c2=O)cc1. The van der Waals surface area contributed by atoms with Crippen molar-refractivity contribution in [1.29, 1.82) is 0 Å². The first-order valence-electron chi connectivity index (χ1n) is 12.5. The van der Waals surface area contributed by atoms with Crippen molar-refractivity contribution in [3.63, 3.8) is 0 Å². The first-order valence-corrected chi connectivity index (χ1v) is 12.9. The van der Waals surface area contributed by atoms with Gasteiger partial charge in [-0.25, -0.2) is 4.68 Å². The van der Waals surface area contributed by atoms with Crippen LogP contribution in [0.2, 0.25) is 0 Å². The zero-order valence-electron chi connectivity index (χ0n) is 23.4. The molecule has 5 atom stereocenters. The number of nitrogens with two attached hydrogens (primary N) is 1. The topological polar surface area (TPSA) is 190 Å². The zero-order chi connectivity index (χ0) is 31.1. The Hall–Kier alpha value is -4.57. The second-order valence-corrected chi connectivity index (χ2v) is 9.35. The monoisotopic (exact) mass is 606 g/mol. The third-order valence-electron chi connectivity index (χ3n) is 5.81. The summed E-state index contributed by atoms with van der Waals surface area (Å²) in [4.78, 5) is 60.8. The molecule has 15 nitrogen and oxygen atoms in total. The molecule has 2 heterocycles. The van der Waals surface area contributed by atoms with Gasteiger partial charge in [0.15, 0.2) is 30.2 Å². The van der Waals surface area contributed by atoms with Crippen LogP contribution in [-0.4, -0.2) is 76.5 Å². The first-order chi connectivity index (χ1) is 19.8. The average Bonchev–Trinajstić information content (AvgIpc) is 2.92. The summed E-state index contributed by atoms with van der Waals surface area (Å²) in [6, 6.07) is 6.92. The number of nitrogens with zero attached hydrogens (tertiary/aromatic N) is 3. The van der Waals surface area contributed by atoms with Crippen LogP contribution in [0.5, 0.6) is 5.75 Å². The van der Waals surface area contributed by atoms with Gasteiger partial charge >= 0.3 is 23.9 Å². The Bertz CT molecular complexity index is 1480. The largest absolute Gasteiger partial charge is 0.497 e. The van der Waals surface area contributed by atoms with Gasteiger partial charge in [-0.05, 0) is 36.0 Å². The summed E-state index contributed by atoms with van der Waals surface area (Å²) in [6.45, 7) is 3.97. The minimum atomic E-state index is -1.51. The standard InChI is InChI=1S/C26H30N4O11S/c1-13(31)37-12-20-21(38-14(2)32)22(39-15(3)33)23(40-16(4)34)25(41-20)30-26(42)29(27)24(35)19(28-30)11-8-17-6-9-18(36-5)10-7-17/h6-11,20-23,25H,12,27H2,1-5H3/b11-8+/t20?,21-,22?,23-,25-/m1/s1. The van der Waals surface area contributed by atoms with Crippen LogP contribution in [0.1, 0.15) is 45.2 Å². The number of esters is 4. The summed E-state index contributed by atoms with van der Waals surface area (Å²) in [5, 5.41) is 4.31. The summed E-state index contributed by atoms with van der Waals surface area (Å²) >= 11 is 5.37. The van der Waals surface area contributed by atoms with Gasteiger partial charge in [0, 0.05) is 27.7 Å². The number of hydrogen-bond donors (Lipinski definition) is 1. The molecule has 0 spiro atoms. The molecule has 0 saturated carbocycles. The molecule has 0 amide bonds. The minimum Gasteiger partial charge on any atom is -0.497 e. The third kappa shape index (κ3) is 7.79. The quantitative estimate of drug-likeness (QED) is 0.183. The second-order valence-electron chi connectivity index (χ2n) is 8.98. The van der Waals surface area contributed by atoms with Crippen molar-refractivity contribution in [1.82, 2.24) is 14.5 Å². The van der Waals surface area contributed by atoms with Crippen molar-refractivity contribution in [3.05, 3.63) is 50.6 Å². The molecular formula is C26H30N4O11S. The van der Waals surface area contributed by atoms with Crippen LogP contribution in [0.3, 0.4) is 0 Å². The van der Waals surface area contributed by atoms with E-state index in [1.54, 1.807) is 30.3 Å². The Labute approximate surface area is 244 Å². The van der Waals surface area contributed by atoms with Crippen LogP contribution in [0.4, 0.5) is 0 Å². The van der Waals surface area contributed by atoms with Crippen LogP contribution < -0.4 is 16.1 Å². The van der Waals surface area contributed by atoms with Gasteiger partial charge in [0.25, 0.3) is 5.56 Å². The van der Waals surface area contributed by atoms with Gasteiger partial charge in [-0.2, -0.15) is 9.77 Å². The van der Waals surface area contributed by atoms with Gasteiger partial charge in [0.05, 0.1) is 7.11 Å².